The van der Waals surface area contributed by atoms with Crippen molar-refractivity contribution in [3.8, 4) is 5.75 Å². The molecule has 1 aromatic heterocycles. The van der Waals surface area contributed by atoms with E-state index in [2.05, 4.69) is 5.43 Å². The maximum absolute atomic E-state index is 12.8. The van der Waals surface area contributed by atoms with E-state index in [0.717, 1.165) is 0 Å². The van der Waals surface area contributed by atoms with Crippen molar-refractivity contribution in [1.29, 1.82) is 0 Å². The minimum atomic E-state index is -0.584. The van der Waals surface area contributed by atoms with E-state index in [4.69, 9.17) is 10.6 Å². The second kappa shape index (κ2) is 7.26. The quantitative estimate of drug-likeness (QED) is 0.307. The number of hydrazine groups is 1. The smallest absolute Gasteiger partial charge is 0.310 e. The van der Waals surface area contributed by atoms with Crippen LogP contribution in [0.1, 0.15) is 20.8 Å². The van der Waals surface area contributed by atoms with Crippen molar-refractivity contribution >= 4 is 28.4 Å². The largest absolute Gasteiger partial charge is 0.477 e. The molecule has 0 bridgehead atoms. The maximum atomic E-state index is 12.8. The van der Waals surface area contributed by atoms with Gasteiger partial charge in [0.1, 0.15) is 0 Å². The zero-order chi connectivity index (χ0) is 19.6. The van der Waals surface area contributed by atoms with Crippen LogP contribution in [0.4, 0.5) is 5.69 Å². The van der Waals surface area contributed by atoms with Crippen LogP contribution in [0.3, 0.4) is 0 Å². The monoisotopic (exact) mass is 368 g/mol. The van der Waals surface area contributed by atoms with Gasteiger partial charge in [-0.25, -0.2) is 5.84 Å². The van der Waals surface area contributed by atoms with Crippen molar-refractivity contribution in [3.63, 3.8) is 0 Å². The number of aromatic nitrogens is 1. The molecule has 9 heteroatoms. The van der Waals surface area contributed by atoms with E-state index in [1.165, 1.54) is 22.8 Å². The molecule has 138 valence electrons. The number of amides is 1. The molecule has 1 heterocycles. The molecule has 9 nitrogen and oxygen atoms in total. The lowest BCUT2D eigenvalue weighted by atomic mass is 10.1. The number of hydrogen-bond donors (Lipinski definition) is 2. The summed E-state index contributed by atoms with van der Waals surface area (Å²) in [5, 5.41) is 11.6. The van der Waals surface area contributed by atoms with Crippen molar-refractivity contribution in [2.75, 3.05) is 6.61 Å². The normalized spacial score (nSPS) is 10.6. The van der Waals surface area contributed by atoms with E-state index >= 15 is 0 Å². The van der Waals surface area contributed by atoms with Crippen LogP contribution < -0.4 is 16.0 Å². The lowest BCUT2D eigenvalue weighted by Crippen LogP contribution is -2.30. The number of nitrogens with zero attached hydrogens (tertiary/aromatic N) is 2. The molecule has 3 N–H and O–H groups in total. The van der Waals surface area contributed by atoms with Gasteiger partial charge in [-0.3, -0.25) is 29.7 Å². The Morgan fingerprint density at radius 3 is 2.56 bits per heavy atom. The number of nitrogen functional groups attached to an aromatic ring is 1. The fourth-order valence-corrected chi connectivity index (χ4v) is 2.98. The van der Waals surface area contributed by atoms with Crippen LogP contribution in [0.5, 0.6) is 5.75 Å². The molecular weight excluding hydrogens is 352 g/mol. The topological polar surface area (TPSA) is 129 Å². The molecule has 0 unspecified atom stereocenters. The van der Waals surface area contributed by atoms with Crippen molar-refractivity contribution < 1.29 is 19.2 Å². The highest BCUT2D eigenvalue weighted by atomic mass is 16.6. The van der Waals surface area contributed by atoms with Gasteiger partial charge in [0, 0.05) is 17.1 Å². The Hall–Kier alpha value is -3.72. The molecular formula is C18H16N4O5. The van der Waals surface area contributed by atoms with Gasteiger partial charge in [-0.15, -0.1) is 0 Å². The molecule has 0 atom stereocenters. The van der Waals surface area contributed by atoms with E-state index in [1.54, 1.807) is 37.3 Å². The highest BCUT2D eigenvalue weighted by molar-refractivity contribution is 6.10. The first-order valence-corrected chi connectivity index (χ1v) is 7.96. The summed E-state index contributed by atoms with van der Waals surface area (Å²) in [6.07, 6.45) is 0. The molecule has 0 aliphatic heterocycles. The molecule has 0 saturated carbocycles. The maximum Gasteiger partial charge on any atom is 0.310 e. The van der Waals surface area contributed by atoms with Gasteiger partial charge in [0.2, 0.25) is 0 Å². The second-order valence-corrected chi connectivity index (χ2v) is 5.69. The predicted octanol–water partition coefficient (Wildman–Crippen LogP) is 2.18. The van der Waals surface area contributed by atoms with Crippen LogP contribution >= 0.6 is 0 Å². The molecule has 0 aliphatic carbocycles. The Kier molecular flexibility index (Phi) is 4.86. The van der Waals surface area contributed by atoms with E-state index in [9.17, 15) is 19.7 Å². The van der Waals surface area contributed by atoms with Gasteiger partial charge in [-0.1, -0.05) is 30.3 Å². The highest BCUT2D eigenvalue weighted by Gasteiger charge is 2.23. The fraction of sp³-hybridized carbons (Fsp3) is 0.111. The van der Waals surface area contributed by atoms with Crippen LogP contribution in [0.15, 0.2) is 48.5 Å². The number of ether oxygens (including phenoxy) is 1. The van der Waals surface area contributed by atoms with Crippen molar-refractivity contribution in [3.05, 3.63) is 69.9 Å². The number of nitro groups is 1. The number of hydrogen-bond acceptors (Lipinski definition) is 6. The molecule has 0 spiro atoms. The summed E-state index contributed by atoms with van der Waals surface area (Å²) in [6, 6.07) is 12.7. The van der Waals surface area contributed by atoms with E-state index < -0.39 is 23.3 Å². The summed E-state index contributed by atoms with van der Waals surface area (Å²) in [6.45, 7) is 1.18. The third kappa shape index (κ3) is 3.23. The number of para-hydroxylation sites is 3. The number of nitrogens with two attached hydrogens (primary N) is 1. The van der Waals surface area contributed by atoms with Crippen LogP contribution in [-0.2, 0) is 0 Å². The zero-order valence-corrected chi connectivity index (χ0v) is 14.3. The minimum Gasteiger partial charge on any atom is -0.477 e. The van der Waals surface area contributed by atoms with E-state index in [0.29, 0.717) is 16.6 Å². The number of nitrogens with one attached hydrogen (secondary N) is 1. The van der Waals surface area contributed by atoms with Crippen molar-refractivity contribution in [2.24, 2.45) is 5.84 Å². The number of fused-ring (bicyclic) bond motifs is 1. The second-order valence-electron chi connectivity index (χ2n) is 5.69. The summed E-state index contributed by atoms with van der Waals surface area (Å²) < 4.78 is 6.72. The van der Waals surface area contributed by atoms with Gasteiger partial charge in [0.05, 0.1) is 16.0 Å². The Bertz CT molecular complexity index is 1060. The molecule has 3 aromatic rings. The van der Waals surface area contributed by atoms with E-state index in [1.807, 2.05) is 0 Å². The lowest BCUT2D eigenvalue weighted by Gasteiger charge is -2.09. The summed E-state index contributed by atoms with van der Waals surface area (Å²) in [7, 11) is 0. The van der Waals surface area contributed by atoms with Crippen molar-refractivity contribution in [1.82, 2.24) is 9.99 Å². The van der Waals surface area contributed by atoms with Crippen molar-refractivity contribution in [2.45, 2.75) is 6.92 Å². The molecule has 27 heavy (non-hydrogen) atoms. The molecule has 0 fully saturated rings. The highest BCUT2D eigenvalue weighted by Crippen LogP contribution is 2.28. The lowest BCUT2D eigenvalue weighted by molar-refractivity contribution is -0.385. The number of nitro benzene ring substituents is 1. The standard InChI is InChI=1S/C18H16N4O5/c1-11-17(18(24)20-19)12-6-2-3-7-13(12)21(11)16(23)10-27-15-9-5-4-8-14(15)22(25)26/h2-9H,10,19H2,1H3,(H,20,24). The zero-order valence-electron chi connectivity index (χ0n) is 14.3. The molecule has 1 amide bonds. The number of benzene rings is 2. The predicted molar refractivity (Wildman–Crippen MR) is 97.5 cm³/mol. The molecule has 0 radical (unpaired) electrons. The molecule has 0 saturated heterocycles. The fourth-order valence-electron chi connectivity index (χ4n) is 2.98. The number of rotatable bonds is 5. The Labute approximate surface area is 153 Å². The third-order valence-corrected chi connectivity index (χ3v) is 4.13. The van der Waals surface area contributed by atoms with Gasteiger partial charge in [0.25, 0.3) is 11.8 Å². The van der Waals surface area contributed by atoms with E-state index in [-0.39, 0.29) is 17.0 Å². The summed E-state index contributed by atoms with van der Waals surface area (Å²) in [5.74, 6) is 4.24. The van der Waals surface area contributed by atoms with Crippen LogP contribution in [-0.4, -0.2) is 27.9 Å². The number of carbonyl (C=O) groups is 2. The Morgan fingerprint density at radius 1 is 1.19 bits per heavy atom. The molecule has 2 aromatic carbocycles. The third-order valence-electron chi connectivity index (χ3n) is 4.13. The first kappa shape index (κ1) is 18.1. The van der Waals surface area contributed by atoms with Gasteiger partial charge in [0.15, 0.2) is 12.4 Å². The molecule has 0 aliphatic rings. The van der Waals surface area contributed by atoms with Gasteiger partial charge in [-0.2, -0.15) is 0 Å². The van der Waals surface area contributed by atoms with Crippen LogP contribution in [0.25, 0.3) is 10.9 Å². The SMILES string of the molecule is Cc1c(C(=O)NN)c2ccccc2n1C(=O)COc1ccccc1[N+](=O)[O-]. The first-order chi connectivity index (χ1) is 13.0. The Morgan fingerprint density at radius 2 is 1.85 bits per heavy atom. The summed E-state index contributed by atoms with van der Waals surface area (Å²) in [5.41, 5.74) is 3.04. The first-order valence-electron chi connectivity index (χ1n) is 7.96. The number of carbonyl (C=O) groups excluding carboxylic acids is 2. The average Bonchev–Trinajstić information content (AvgIpc) is 2.97. The van der Waals surface area contributed by atoms with Gasteiger partial charge >= 0.3 is 5.69 Å². The van der Waals surface area contributed by atoms with Crippen LogP contribution in [0.2, 0.25) is 0 Å². The Balaban J connectivity index is 1.97. The van der Waals surface area contributed by atoms with Gasteiger partial charge in [-0.05, 0) is 19.1 Å². The molecule has 3 rings (SSSR count). The minimum absolute atomic E-state index is 0.00936. The summed E-state index contributed by atoms with van der Waals surface area (Å²) >= 11 is 0. The average molecular weight is 368 g/mol. The van der Waals surface area contributed by atoms with Crippen LogP contribution in [0, 0.1) is 17.0 Å². The van der Waals surface area contributed by atoms with Gasteiger partial charge < -0.3 is 4.74 Å². The summed E-state index contributed by atoms with van der Waals surface area (Å²) in [4.78, 5) is 35.4.